The minimum absolute atomic E-state index is 0.212. The van der Waals surface area contributed by atoms with Crippen molar-refractivity contribution in [3.05, 3.63) is 0 Å². The maximum absolute atomic E-state index is 11.7. The zero-order valence-electron chi connectivity index (χ0n) is 8.02. The molecule has 0 bridgehead atoms. The second kappa shape index (κ2) is 4.88. The van der Waals surface area contributed by atoms with E-state index in [-0.39, 0.29) is 5.78 Å². The van der Waals surface area contributed by atoms with Crippen LogP contribution in [0.15, 0.2) is 0 Å². The lowest BCUT2D eigenvalue weighted by atomic mass is 9.88. The highest BCUT2D eigenvalue weighted by Gasteiger charge is 2.42. The average molecular weight is 326 g/mol. The van der Waals surface area contributed by atoms with Gasteiger partial charge in [-0.25, -0.2) is 0 Å². The molecule has 14 heavy (non-hydrogen) atoms. The lowest BCUT2D eigenvalue weighted by molar-refractivity contribution is -0.127. The van der Waals surface area contributed by atoms with E-state index in [4.69, 9.17) is 34.8 Å². The highest BCUT2D eigenvalue weighted by Crippen LogP contribution is 2.36. The van der Waals surface area contributed by atoms with Crippen molar-refractivity contribution in [3.8, 4) is 0 Å². The van der Waals surface area contributed by atoms with E-state index < -0.39 is 20.1 Å². The van der Waals surface area contributed by atoms with Crippen molar-refractivity contribution in [1.82, 2.24) is 0 Å². The predicted molar refractivity (Wildman–Crippen MR) is 63.5 cm³/mol. The highest BCUT2D eigenvalue weighted by atomic mass is 79.9. The Kier molecular flexibility index (Phi) is 5.22. The molecule has 2 nitrogen and oxygen atoms in total. The molecule has 0 unspecified atom stereocenters. The Hall–Kier alpha value is 0.980. The quantitative estimate of drug-likeness (QED) is 0.792. The second-order valence-electron chi connectivity index (χ2n) is 4.00. The van der Waals surface area contributed by atoms with E-state index in [1.807, 2.05) is 0 Å². The van der Waals surface area contributed by atoms with Gasteiger partial charge in [-0.1, -0.05) is 71.5 Å². The normalized spacial score (nSPS) is 17.7. The van der Waals surface area contributed by atoms with Gasteiger partial charge >= 0.3 is 0 Å². The van der Waals surface area contributed by atoms with Gasteiger partial charge in [-0.3, -0.25) is 4.79 Å². The number of hydrogen-bond donors (Lipinski definition) is 1. The van der Waals surface area contributed by atoms with E-state index in [9.17, 15) is 9.90 Å². The van der Waals surface area contributed by atoms with Crippen LogP contribution in [0.25, 0.3) is 0 Å². The van der Waals surface area contributed by atoms with Crippen molar-refractivity contribution in [3.63, 3.8) is 0 Å². The Morgan fingerprint density at radius 3 is 1.86 bits per heavy atom. The van der Waals surface area contributed by atoms with Crippen LogP contribution in [0.2, 0.25) is 0 Å². The number of carbonyl (C=O) groups excluding carboxylic acids is 1. The summed E-state index contributed by atoms with van der Waals surface area (Å²) in [7, 11) is 0. The van der Waals surface area contributed by atoms with Gasteiger partial charge in [0.05, 0.1) is 0 Å². The number of aliphatic hydroxyl groups is 1. The summed E-state index contributed by atoms with van der Waals surface area (Å²) in [6.45, 7) is 5.19. The molecule has 0 rings (SSSR count). The standard InChI is InChI=1S/C8H12BrCl3O2/c1-7(2,3)5(13)4(9)6(14)8(10,11)12/h4,6,14H,1-3H3/t4-,6+/m0/s1. The first-order valence-corrected chi connectivity index (χ1v) is 5.96. The average Bonchev–Trinajstić information content (AvgIpc) is 1.97. The molecule has 0 saturated carbocycles. The largest absolute Gasteiger partial charge is 0.387 e. The van der Waals surface area contributed by atoms with Gasteiger partial charge in [-0.2, -0.15) is 0 Å². The zero-order valence-corrected chi connectivity index (χ0v) is 11.9. The van der Waals surface area contributed by atoms with Crippen LogP contribution in [0, 0.1) is 5.41 Å². The molecule has 0 aromatic rings. The van der Waals surface area contributed by atoms with Gasteiger partial charge in [-0.05, 0) is 0 Å². The lowest BCUT2D eigenvalue weighted by Crippen LogP contribution is -2.43. The summed E-state index contributed by atoms with van der Waals surface area (Å²) >= 11 is 19.4. The third-order valence-corrected chi connectivity index (χ3v) is 3.19. The molecule has 0 saturated heterocycles. The number of aliphatic hydroxyl groups excluding tert-OH is 1. The van der Waals surface area contributed by atoms with E-state index >= 15 is 0 Å². The van der Waals surface area contributed by atoms with Gasteiger partial charge in [0, 0.05) is 5.41 Å². The highest BCUT2D eigenvalue weighted by molar-refractivity contribution is 9.10. The van der Waals surface area contributed by atoms with Gasteiger partial charge in [0.15, 0.2) is 5.78 Å². The van der Waals surface area contributed by atoms with E-state index in [0.29, 0.717) is 0 Å². The minimum Gasteiger partial charge on any atom is -0.387 e. The van der Waals surface area contributed by atoms with Crippen LogP contribution in [-0.2, 0) is 4.79 Å². The summed E-state index contributed by atoms with van der Waals surface area (Å²) in [5.41, 5.74) is -0.592. The van der Waals surface area contributed by atoms with E-state index in [1.165, 1.54) is 0 Å². The third-order valence-electron chi connectivity index (χ3n) is 1.60. The summed E-state index contributed by atoms with van der Waals surface area (Å²) in [5, 5.41) is 9.52. The number of ketones is 1. The van der Waals surface area contributed by atoms with E-state index in [1.54, 1.807) is 20.8 Å². The third kappa shape index (κ3) is 4.23. The van der Waals surface area contributed by atoms with E-state index in [0.717, 1.165) is 0 Å². The fraction of sp³-hybridized carbons (Fsp3) is 0.875. The summed E-state index contributed by atoms with van der Waals surface area (Å²) in [4.78, 5) is 10.8. The van der Waals surface area contributed by atoms with Gasteiger partial charge < -0.3 is 5.11 Å². The van der Waals surface area contributed by atoms with Crippen molar-refractivity contribution in [2.45, 2.75) is 35.5 Å². The Balaban J connectivity index is 4.65. The molecule has 0 amide bonds. The summed E-state index contributed by atoms with van der Waals surface area (Å²) in [6, 6.07) is 0. The second-order valence-corrected chi connectivity index (χ2v) is 7.36. The molecule has 0 aromatic heterocycles. The molecular formula is C8H12BrCl3O2. The molecule has 84 valence electrons. The number of Topliss-reactive ketones (excluding diaryl/α,β-unsaturated/α-hetero) is 1. The Morgan fingerprint density at radius 1 is 1.29 bits per heavy atom. The molecule has 6 heteroatoms. The molecule has 1 N–H and O–H groups in total. The summed E-state index contributed by atoms with van der Waals surface area (Å²) < 4.78 is -1.87. The van der Waals surface area contributed by atoms with Gasteiger partial charge in [0.2, 0.25) is 3.79 Å². The van der Waals surface area contributed by atoms with Crippen molar-refractivity contribution in [1.29, 1.82) is 0 Å². The summed E-state index contributed by atoms with van der Waals surface area (Å²) in [5.74, 6) is -0.212. The smallest absolute Gasteiger partial charge is 0.217 e. The molecule has 0 radical (unpaired) electrons. The molecule has 0 aromatic carbocycles. The fourth-order valence-electron chi connectivity index (χ4n) is 0.723. The number of halogens is 4. The number of alkyl halides is 4. The van der Waals surface area contributed by atoms with Crippen LogP contribution >= 0.6 is 50.7 Å². The maximum Gasteiger partial charge on any atom is 0.217 e. The SMILES string of the molecule is CC(C)(C)C(=O)[C@H](Br)[C@@H](O)C(Cl)(Cl)Cl. The first-order chi connectivity index (χ1) is 5.98. The topological polar surface area (TPSA) is 37.3 Å². The number of hydrogen-bond acceptors (Lipinski definition) is 2. The molecule has 0 fully saturated rings. The molecule has 0 heterocycles. The van der Waals surface area contributed by atoms with Crippen LogP contribution in [-0.4, -0.2) is 25.6 Å². The molecule has 0 aliphatic heterocycles. The molecule has 0 spiro atoms. The van der Waals surface area contributed by atoms with Crippen LogP contribution < -0.4 is 0 Å². The molecule has 0 aliphatic rings. The van der Waals surface area contributed by atoms with E-state index in [2.05, 4.69) is 15.9 Å². The molecular weight excluding hydrogens is 314 g/mol. The Labute approximate surface area is 107 Å². The van der Waals surface area contributed by atoms with Gasteiger partial charge in [-0.15, -0.1) is 0 Å². The van der Waals surface area contributed by atoms with Crippen molar-refractivity contribution in [2.75, 3.05) is 0 Å². The summed E-state index contributed by atoms with van der Waals surface area (Å²) in [6.07, 6.45) is -1.36. The van der Waals surface area contributed by atoms with Crippen LogP contribution in [0.3, 0.4) is 0 Å². The number of carbonyl (C=O) groups is 1. The van der Waals surface area contributed by atoms with Crippen molar-refractivity contribution >= 4 is 56.5 Å². The first kappa shape index (κ1) is 15.0. The zero-order chi connectivity index (χ0) is 11.7. The predicted octanol–water partition coefficient (Wildman–Crippen LogP) is 3.10. The Morgan fingerprint density at radius 2 is 1.64 bits per heavy atom. The van der Waals surface area contributed by atoms with Crippen molar-refractivity contribution < 1.29 is 9.90 Å². The number of rotatable bonds is 2. The van der Waals surface area contributed by atoms with Crippen LogP contribution in [0.4, 0.5) is 0 Å². The lowest BCUT2D eigenvalue weighted by Gasteiger charge is -2.27. The minimum atomic E-state index is -1.87. The fourth-order valence-corrected chi connectivity index (χ4v) is 2.64. The monoisotopic (exact) mass is 324 g/mol. The van der Waals surface area contributed by atoms with Crippen LogP contribution in [0.1, 0.15) is 20.8 Å². The van der Waals surface area contributed by atoms with Crippen molar-refractivity contribution in [2.24, 2.45) is 5.41 Å². The van der Waals surface area contributed by atoms with Gasteiger partial charge in [0.1, 0.15) is 10.9 Å². The first-order valence-electron chi connectivity index (χ1n) is 3.91. The van der Waals surface area contributed by atoms with Gasteiger partial charge in [0.25, 0.3) is 0 Å². The molecule has 2 atom stereocenters. The van der Waals surface area contributed by atoms with Crippen LogP contribution in [0.5, 0.6) is 0 Å². The Bertz CT molecular complexity index is 220. The maximum atomic E-state index is 11.7. The molecule has 0 aliphatic carbocycles.